The molecule has 1 aliphatic carbocycles. The molecule has 1 fully saturated rings. The van der Waals surface area contributed by atoms with E-state index < -0.39 is 0 Å². The lowest BCUT2D eigenvalue weighted by Crippen LogP contribution is -2.41. The van der Waals surface area contributed by atoms with E-state index in [1.165, 1.54) is 0 Å². The first-order valence-electron chi connectivity index (χ1n) is 4.51. The van der Waals surface area contributed by atoms with Gasteiger partial charge in [-0.25, -0.2) is 0 Å². The molecule has 0 saturated heterocycles. The lowest BCUT2D eigenvalue weighted by atomic mass is 9.81. The largest absolute Gasteiger partial charge is 0.465 e. The highest BCUT2D eigenvalue weighted by Crippen LogP contribution is 2.26. The molecule has 0 aromatic rings. The van der Waals surface area contributed by atoms with Crippen molar-refractivity contribution in [1.29, 1.82) is 0 Å². The van der Waals surface area contributed by atoms with Gasteiger partial charge in [0.15, 0.2) is 0 Å². The molecule has 1 rings (SSSR count). The van der Waals surface area contributed by atoms with Gasteiger partial charge in [0.1, 0.15) is 0 Å². The SMILES string of the molecule is CC(C)COC(=O)C1CC(N)C1. The number of rotatable bonds is 3. The van der Waals surface area contributed by atoms with E-state index in [4.69, 9.17) is 10.5 Å². The summed E-state index contributed by atoms with van der Waals surface area (Å²) in [4.78, 5) is 11.2. The third-order valence-corrected chi connectivity index (χ3v) is 2.07. The third-order valence-electron chi connectivity index (χ3n) is 2.07. The number of carbonyl (C=O) groups is 1. The van der Waals surface area contributed by atoms with Crippen molar-refractivity contribution in [2.45, 2.75) is 32.7 Å². The van der Waals surface area contributed by atoms with Crippen LogP contribution in [0.2, 0.25) is 0 Å². The summed E-state index contributed by atoms with van der Waals surface area (Å²) in [6.45, 7) is 4.59. The number of hydrogen-bond acceptors (Lipinski definition) is 3. The minimum Gasteiger partial charge on any atom is -0.465 e. The van der Waals surface area contributed by atoms with Gasteiger partial charge >= 0.3 is 5.97 Å². The van der Waals surface area contributed by atoms with Gasteiger partial charge in [-0.05, 0) is 18.8 Å². The van der Waals surface area contributed by atoms with Gasteiger partial charge in [-0.15, -0.1) is 0 Å². The van der Waals surface area contributed by atoms with Crippen LogP contribution in [-0.4, -0.2) is 18.6 Å². The van der Waals surface area contributed by atoms with E-state index >= 15 is 0 Å². The Kier molecular flexibility index (Phi) is 3.09. The number of esters is 1. The maximum Gasteiger partial charge on any atom is 0.309 e. The van der Waals surface area contributed by atoms with Crippen molar-refractivity contribution in [2.24, 2.45) is 17.6 Å². The average Bonchev–Trinajstić information content (AvgIpc) is 1.94. The van der Waals surface area contributed by atoms with Crippen molar-refractivity contribution in [2.75, 3.05) is 6.61 Å². The molecule has 0 bridgehead atoms. The molecule has 0 radical (unpaired) electrons. The summed E-state index contributed by atoms with van der Waals surface area (Å²) in [5.41, 5.74) is 5.55. The summed E-state index contributed by atoms with van der Waals surface area (Å²) in [6.07, 6.45) is 1.61. The third kappa shape index (κ3) is 2.48. The normalized spacial score (nSPS) is 28.3. The highest BCUT2D eigenvalue weighted by molar-refractivity contribution is 5.73. The molecule has 0 amide bonds. The molecule has 1 aliphatic rings. The number of hydrogen-bond donors (Lipinski definition) is 1. The van der Waals surface area contributed by atoms with E-state index in [2.05, 4.69) is 0 Å². The van der Waals surface area contributed by atoms with Gasteiger partial charge in [-0.3, -0.25) is 4.79 Å². The highest BCUT2D eigenvalue weighted by Gasteiger charge is 2.33. The second-order valence-electron chi connectivity index (χ2n) is 3.95. The molecule has 0 unspecified atom stereocenters. The van der Waals surface area contributed by atoms with Crippen LogP contribution in [0, 0.1) is 11.8 Å². The highest BCUT2D eigenvalue weighted by atomic mass is 16.5. The molecule has 1 saturated carbocycles. The zero-order valence-electron chi connectivity index (χ0n) is 7.75. The summed E-state index contributed by atoms with van der Waals surface area (Å²) in [6, 6.07) is 0.224. The van der Waals surface area contributed by atoms with Crippen LogP contribution >= 0.6 is 0 Å². The van der Waals surface area contributed by atoms with Crippen LogP contribution in [0.15, 0.2) is 0 Å². The number of ether oxygens (including phenoxy) is 1. The van der Waals surface area contributed by atoms with Gasteiger partial charge in [0, 0.05) is 6.04 Å². The predicted octanol–water partition coefficient (Wildman–Crippen LogP) is 0.923. The van der Waals surface area contributed by atoms with Crippen LogP contribution in [0.4, 0.5) is 0 Å². The molecule has 3 nitrogen and oxygen atoms in total. The van der Waals surface area contributed by atoms with Gasteiger partial charge in [0.05, 0.1) is 12.5 Å². The summed E-state index contributed by atoms with van der Waals surface area (Å²) in [7, 11) is 0. The van der Waals surface area contributed by atoms with Crippen LogP contribution < -0.4 is 5.73 Å². The van der Waals surface area contributed by atoms with Crippen molar-refractivity contribution < 1.29 is 9.53 Å². The first kappa shape index (κ1) is 9.52. The molecule has 0 atom stereocenters. The summed E-state index contributed by atoms with van der Waals surface area (Å²) < 4.78 is 5.06. The Hall–Kier alpha value is -0.570. The van der Waals surface area contributed by atoms with Crippen LogP contribution in [-0.2, 0) is 9.53 Å². The number of carbonyl (C=O) groups excluding carboxylic acids is 1. The maximum atomic E-state index is 11.2. The lowest BCUT2D eigenvalue weighted by molar-refractivity contribution is -0.153. The summed E-state index contributed by atoms with van der Waals surface area (Å²) >= 11 is 0. The molecule has 3 heteroatoms. The second-order valence-corrected chi connectivity index (χ2v) is 3.95. The summed E-state index contributed by atoms with van der Waals surface area (Å²) in [5, 5.41) is 0. The fourth-order valence-corrected chi connectivity index (χ4v) is 1.22. The predicted molar refractivity (Wildman–Crippen MR) is 46.5 cm³/mol. The molecule has 0 heterocycles. The Bertz CT molecular complexity index is 162. The van der Waals surface area contributed by atoms with E-state index in [1.54, 1.807) is 0 Å². The monoisotopic (exact) mass is 171 g/mol. The molecule has 0 aromatic heterocycles. The van der Waals surface area contributed by atoms with Crippen molar-refractivity contribution in [3.63, 3.8) is 0 Å². The topological polar surface area (TPSA) is 52.3 Å². The Morgan fingerprint density at radius 3 is 2.58 bits per heavy atom. The Morgan fingerprint density at radius 2 is 2.17 bits per heavy atom. The Morgan fingerprint density at radius 1 is 1.58 bits per heavy atom. The molecular formula is C9H17NO2. The second kappa shape index (κ2) is 3.90. The smallest absolute Gasteiger partial charge is 0.309 e. The first-order chi connectivity index (χ1) is 5.59. The maximum absolute atomic E-state index is 11.2. The van der Waals surface area contributed by atoms with E-state index in [0.717, 1.165) is 12.8 Å². The Balaban J connectivity index is 2.13. The fraction of sp³-hybridized carbons (Fsp3) is 0.889. The molecule has 0 aliphatic heterocycles. The van der Waals surface area contributed by atoms with Gasteiger partial charge in [-0.2, -0.15) is 0 Å². The van der Waals surface area contributed by atoms with Crippen LogP contribution in [0.5, 0.6) is 0 Å². The van der Waals surface area contributed by atoms with E-state index in [1.807, 2.05) is 13.8 Å². The zero-order chi connectivity index (χ0) is 9.14. The minimum atomic E-state index is -0.0644. The molecule has 70 valence electrons. The van der Waals surface area contributed by atoms with Gasteiger partial charge in [0.25, 0.3) is 0 Å². The van der Waals surface area contributed by atoms with E-state index in [-0.39, 0.29) is 17.9 Å². The Labute approximate surface area is 73.3 Å². The summed E-state index contributed by atoms with van der Waals surface area (Å²) in [5.74, 6) is 0.437. The number of nitrogens with two attached hydrogens (primary N) is 1. The fourth-order valence-electron chi connectivity index (χ4n) is 1.22. The molecule has 2 N–H and O–H groups in total. The molecule has 0 spiro atoms. The first-order valence-corrected chi connectivity index (χ1v) is 4.51. The van der Waals surface area contributed by atoms with Crippen molar-refractivity contribution in [3.8, 4) is 0 Å². The zero-order valence-corrected chi connectivity index (χ0v) is 7.75. The minimum absolute atomic E-state index is 0.0644. The van der Waals surface area contributed by atoms with E-state index in [0.29, 0.717) is 12.5 Å². The molecule has 12 heavy (non-hydrogen) atoms. The van der Waals surface area contributed by atoms with E-state index in [9.17, 15) is 4.79 Å². The van der Waals surface area contributed by atoms with Gasteiger partial charge < -0.3 is 10.5 Å². The van der Waals surface area contributed by atoms with Crippen molar-refractivity contribution in [1.82, 2.24) is 0 Å². The van der Waals surface area contributed by atoms with Gasteiger partial charge in [0.2, 0.25) is 0 Å². The van der Waals surface area contributed by atoms with Crippen molar-refractivity contribution in [3.05, 3.63) is 0 Å². The van der Waals surface area contributed by atoms with Crippen LogP contribution in [0.25, 0.3) is 0 Å². The quantitative estimate of drug-likeness (QED) is 0.642. The lowest BCUT2D eigenvalue weighted by Gasteiger charge is -2.30. The average molecular weight is 171 g/mol. The standard InChI is InChI=1S/C9H17NO2/c1-6(2)5-12-9(11)7-3-8(10)4-7/h6-8H,3-5,10H2,1-2H3. The molecular weight excluding hydrogens is 154 g/mol. The van der Waals surface area contributed by atoms with Crippen LogP contribution in [0.3, 0.4) is 0 Å². The van der Waals surface area contributed by atoms with Crippen molar-refractivity contribution >= 4 is 5.97 Å². The van der Waals surface area contributed by atoms with Crippen LogP contribution in [0.1, 0.15) is 26.7 Å². The van der Waals surface area contributed by atoms with Gasteiger partial charge in [-0.1, -0.05) is 13.8 Å². The molecule has 0 aromatic carbocycles.